The molecule has 1 N–H and O–H groups in total. The van der Waals surface area contributed by atoms with Crippen molar-refractivity contribution in [1.82, 2.24) is 15.3 Å². The molecule has 1 amide bonds. The van der Waals surface area contributed by atoms with Crippen LogP contribution in [0.15, 0.2) is 12.8 Å². The van der Waals surface area contributed by atoms with E-state index in [1.165, 1.54) is 0 Å². The molecule has 0 atom stereocenters. The number of nitrogens with zero attached hydrogens (tertiary/aromatic N) is 2. The minimum atomic E-state index is -0.595. The van der Waals surface area contributed by atoms with Crippen molar-refractivity contribution >= 4 is 12.0 Å². The summed E-state index contributed by atoms with van der Waals surface area (Å²) in [6.07, 6.45) is 4.78. The minimum absolute atomic E-state index is 0.0359. The van der Waals surface area contributed by atoms with E-state index in [1.54, 1.807) is 12.3 Å². The van der Waals surface area contributed by atoms with Gasteiger partial charge in [-0.1, -0.05) is 20.4 Å². The zero-order valence-corrected chi connectivity index (χ0v) is 11.9. The van der Waals surface area contributed by atoms with E-state index in [0.29, 0.717) is 31.7 Å². The van der Waals surface area contributed by atoms with Crippen molar-refractivity contribution in [2.75, 3.05) is 13.2 Å². The van der Waals surface area contributed by atoms with Crippen LogP contribution in [0.4, 0.5) is 0 Å². The summed E-state index contributed by atoms with van der Waals surface area (Å²) in [5, 5.41) is 3.12. The average molecular weight is 273 g/mol. The van der Waals surface area contributed by atoms with Gasteiger partial charge in [0.2, 0.25) is 5.91 Å². The van der Waals surface area contributed by atoms with Gasteiger partial charge in [-0.2, -0.15) is 0 Å². The van der Waals surface area contributed by atoms with Crippen LogP contribution < -0.4 is 5.32 Å². The quantitative estimate of drug-likeness (QED) is 0.907. The molecule has 0 radical (unpaired) electrons. The molecule has 5 nitrogen and oxygen atoms in total. The molecule has 0 bridgehead atoms. The number of nitrogens with one attached hydrogen (secondary N) is 1. The largest absolute Gasteiger partial charge is 0.376 e. The molecule has 0 aromatic carbocycles. The van der Waals surface area contributed by atoms with E-state index >= 15 is 0 Å². The lowest BCUT2D eigenvalue weighted by atomic mass is 9.70. The minimum Gasteiger partial charge on any atom is -0.376 e. The van der Waals surface area contributed by atoms with Gasteiger partial charge in [0, 0.05) is 0 Å². The van der Waals surface area contributed by atoms with Gasteiger partial charge in [-0.05, 0) is 18.9 Å². The van der Waals surface area contributed by atoms with Gasteiger partial charge in [-0.15, -0.1) is 0 Å². The third-order valence-corrected chi connectivity index (χ3v) is 4.60. The topological polar surface area (TPSA) is 64.1 Å². The van der Waals surface area contributed by atoms with E-state index in [0.717, 1.165) is 11.4 Å². The van der Waals surface area contributed by atoms with Crippen LogP contribution in [0.1, 0.15) is 43.8 Å². The molecule has 20 heavy (non-hydrogen) atoms. The summed E-state index contributed by atoms with van der Waals surface area (Å²) in [4.78, 5) is 21.9. The van der Waals surface area contributed by atoms with Crippen LogP contribution in [-0.4, -0.2) is 29.1 Å². The van der Waals surface area contributed by atoms with Gasteiger partial charge in [0.05, 0.1) is 41.9 Å². The van der Waals surface area contributed by atoms with Crippen LogP contribution >= 0.6 is 0 Å². The van der Waals surface area contributed by atoms with Crippen LogP contribution in [0.3, 0.4) is 0 Å². The molecule has 2 aliphatic heterocycles. The second-order valence-electron chi connectivity index (χ2n) is 5.51. The first-order valence-electron chi connectivity index (χ1n) is 7.02. The van der Waals surface area contributed by atoms with Gasteiger partial charge in [-0.3, -0.25) is 9.78 Å². The number of fused-ring (bicyclic) bond motifs is 2. The Morgan fingerprint density at radius 3 is 2.60 bits per heavy atom. The fourth-order valence-corrected chi connectivity index (χ4v) is 3.11. The maximum absolute atomic E-state index is 12.7. The highest BCUT2D eigenvalue weighted by Gasteiger charge is 2.56. The number of hydrogen-bond donors (Lipinski definition) is 1. The van der Waals surface area contributed by atoms with E-state index in [2.05, 4.69) is 21.9 Å². The first-order chi connectivity index (χ1) is 9.62. The Morgan fingerprint density at radius 1 is 1.40 bits per heavy atom. The summed E-state index contributed by atoms with van der Waals surface area (Å²) >= 11 is 0. The number of rotatable bonds is 3. The molecule has 0 aliphatic carbocycles. The van der Waals surface area contributed by atoms with Gasteiger partial charge in [0.25, 0.3) is 0 Å². The van der Waals surface area contributed by atoms with Gasteiger partial charge < -0.3 is 10.1 Å². The highest BCUT2D eigenvalue weighted by Crippen LogP contribution is 2.43. The Morgan fingerprint density at radius 2 is 2.10 bits per heavy atom. The van der Waals surface area contributed by atoms with Crippen molar-refractivity contribution in [3.8, 4) is 0 Å². The highest BCUT2D eigenvalue weighted by molar-refractivity contribution is 5.90. The van der Waals surface area contributed by atoms with Crippen molar-refractivity contribution in [2.45, 2.75) is 37.6 Å². The van der Waals surface area contributed by atoms with Gasteiger partial charge in [0.1, 0.15) is 5.54 Å². The monoisotopic (exact) mass is 273 g/mol. The molecule has 1 saturated heterocycles. The fraction of sp³-hybridized carbons (Fsp3) is 0.533. The zero-order valence-electron chi connectivity index (χ0n) is 11.9. The Balaban J connectivity index is 2.25. The van der Waals surface area contributed by atoms with E-state index < -0.39 is 11.0 Å². The smallest absolute Gasteiger partial charge is 0.233 e. The van der Waals surface area contributed by atoms with E-state index in [9.17, 15) is 4.79 Å². The van der Waals surface area contributed by atoms with Crippen LogP contribution in [0.2, 0.25) is 0 Å². The predicted octanol–water partition coefficient (Wildman–Crippen LogP) is 1.53. The summed E-state index contributed by atoms with van der Waals surface area (Å²) in [5.41, 5.74) is 1.29. The van der Waals surface area contributed by atoms with Crippen molar-refractivity contribution in [1.29, 1.82) is 0 Å². The summed E-state index contributed by atoms with van der Waals surface area (Å²) in [6, 6.07) is 0. The molecule has 5 heteroatoms. The number of hydrogen-bond acceptors (Lipinski definition) is 4. The number of ether oxygens (including phenoxy) is 1. The lowest BCUT2D eigenvalue weighted by molar-refractivity contribution is -0.144. The lowest BCUT2D eigenvalue weighted by Gasteiger charge is -2.49. The predicted molar refractivity (Wildman–Crippen MR) is 75.0 cm³/mol. The second-order valence-corrected chi connectivity index (χ2v) is 5.51. The van der Waals surface area contributed by atoms with Crippen molar-refractivity contribution in [2.24, 2.45) is 0 Å². The van der Waals surface area contributed by atoms with Crippen molar-refractivity contribution in [3.05, 3.63) is 29.9 Å². The number of amides is 1. The lowest BCUT2D eigenvalue weighted by Crippen LogP contribution is -2.67. The maximum Gasteiger partial charge on any atom is 0.233 e. The number of carbonyl (C=O) groups excluding carboxylic acids is 1. The summed E-state index contributed by atoms with van der Waals surface area (Å²) < 4.78 is 5.31. The molecular weight excluding hydrogens is 254 g/mol. The van der Waals surface area contributed by atoms with E-state index in [-0.39, 0.29) is 5.91 Å². The van der Waals surface area contributed by atoms with Crippen LogP contribution in [-0.2, 0) is 20.5 Å². The molecule has 1 spiro atoms. The Bertz CT molecular complexity index is 574. The van der Waals surface area contributed by atoms with Gasteiger partial charge >= 0.3 is 0 Å². The average Bonchev–Trinajstić information content (AvgIpc) is 2.44. The molecule has 3 heterocycles. The van der Waals surface area contributed by atoms with Crippen molar-refractivity contribution < 1.29 is 9.53 Å². The summed E-state index contributed by atoms with van der Waals surface area (Å²) in [7, 11) is 0. The molecular formula is C15H19N3O2. The fourth-order valence-electron chi connectivity index (χ4n) is 3.11. The number of carbonyl (C=O) groups is 1. The maximum atomic E-state index is 12.7. The Labute approximate surface area is 118 Å². The van der Waals surface area contributed by atoms with Crippen LogP contribution in [0.5, 0.6) is 0 Å². The standard InChI is InChI=1S/C15H19N3O2/c1-4-10-7-16-12-11(17-10)14(5-2,6-3)13(19)18-15(12)8-20-9-15/h4,7H,1,5-6,8-9H2,2-3H3,(H,18,19). The highest BCUT2D eigenvalue weighted by atomic mass is 16.5. The first kappa shape index (κ1) is 13.2. The molecule has 2 aliphatic rings. The molecule has 1 fully saturated rings. The van der Waals surface area contributed by atoms with Gasteiger partial charge in [0.15, 0.2) is 0 Å². The summed E-state index contributed by atoms with van der Waals surface area (Å²) in [6.45, 7) is 8.72. The number of aromatic nitrogens is 2. The normalized spacial score (nSPS) is 21.8. The molecule has 3 rings (SSSR count). The van der Waals surface area contributed by atoms with E-state index in [1.807, 2.05) is 13.8 Å². The van der Waals surface area contributed by atoms with Crippen molar-refractivity contribution in [3.63, 3.8) is 0 Å². The molecule has 106 valence electrons. The molecule has 1 aromatic heterocycles. The molecule has 0 unspecified atom stereocenters. The van der Waals surface area contributed by atoms with E-state index in [4.69, 9.17) is 4.74 Å². The zero-order chi connectivity index (χ0) is 14.4. The summed E-state index contributed by atoms with van der Waals surface area (Å²) in [5.74, 6) is 0.0359. The third kappa shape index (κ3) is 1.50. The third-order valence-electron chi connectivity index (χ3n) is 4.60. The molecule has 0 saturated carbocycles. The second kappa shape index (κ2) is 4.38. The first-order valence-corrected chi connectivity index (χ1v) is 7.02. The molecule has 1 aromatic rings. The SMILES string of the molecule is C=Cc1cnc2c(n1)C(CC)(CC)C(=O)NC21COC1. The Kier molecular flexibility index (Phi) is 2.90. The van der Waals surface area contributed by atoms with Gasteiger partial charge in [-0.25, -0.2) is 4.98 Å². The van der Waals surface area contributed by atoms with Crippen LogP contribution in [0.25, 0.3) is 6.08 Å². The van der Waals surface area contributed by atoms with Crippen LogP contribution in [0, 0.1) is 0 Å². The Hall–Kier alpha value is -1.75.